The summed E-state index contributed by atoms with van der Waals surface area (Å²) in [6.45, 7) is 6.34. The zero-order chi connectivity index (χ0) is 24.9. The molecule has 0 amide bonds. The van der Waals surface area contributed by atoms with Gasteiger partial charge in [0.1, 0.15) is 11.6 Å². The molecule has 0 spiro atoms. The quantitative estimate of drug-likeness (QED) is 0.473. The van der Waals surface area contributed by atoms with E-state index in [2.05, 4.69) is 43.3 Å². The van der Waals surface area contributed by atoms with E-state index in [4.69, 9.17) is 30.8 Å². The first-order valence-electron chi connectivity index (χ1n) is 11.9. The molecule has 3 aromatic rings. The van der Waals surface area contributed by atoms with E-state index in [-0.39, 0.29) is 0 Å². The zero-order valence-electron chi connectivity index (χ0n) is 20.5. The third kappa shape index (κ3) is 5.56. The van der Waals surface area contributed by atoms with Gasteiger partial charge in [0, 0.05) is 62.6 Å². The number of hydrogen-bond donors (Lipinski definition) is 1. The highest BCUT2D eigenvalue weighted by molar-refractivity contribution is 6.32. The average molecular weight is 512 g/mol. The number of hydrogen-bond acceptors (Lipinski definition) is 10. The summed E-state index contributed by atoms with van der Waals surface area (Å²) in [5.41, 5.74) is 3.89. The molecule has 2 saturated heterocycles. The van der Waals surface area contributed by atoms with Crippen LogP contribution in [0.1, 0.15) is 0 Å². The van der Waals surface area contributed by atoms with Crippen LogP contribution in [0.25, 0.3) is 0 Å². The summed E-state index contributed by atoms with van der Waals surface area (Å²) in [5.74, 6) is 1.77. The van der Waals surface area contributed by atoms with E-state index in [1.54, 1.807) is 19.5 Å². The fourth-order valence-electron chi connectivity index (χ4n) is 4.29. The minimum Gasteiger partial charge on any atom is -0.495 e. The normalized spacial score (nSPS) is 16.1. The average Bonchev–Trinajstić information content (AvgIpc) is 2.94. The number of nitrogens with one attached hydrogen (secondary N) is 1. The zero-order valence-corrected chi connectivity index (χ0v) is 21.2. The van der Waals surface area contributed by atoms with E-state index in [9.17, 15) is 0 Å². The summed E-state index contributed by atoms with van der Waals surface area (Å²) in [6.07, 6.45) is 3.30. The summed E-state index contributed by atoms with van der Waals surface area (Å²) in [6, 6.07) is 10.2. The van der Waals surface area contributed by atoms with Crippen LogP contribution >= 0.6 is 11.6 Å². The number of anilines is 6. The summed E-state index contributed by atoms with van der Waals surface area (Å²) < 4.78 is 16.4. The number of aromatic nitrogens is 3. The van der Waals surface area contributed by atoms with Crippen molar-refractivity contribution in [3.63, 3.8) is 0 Å². The lowest BCUT2D eigenvalue weighted by molar-refractivity contribution is 0.122. The molecule has 0 aliphatic carbocycles. The molecule has 10 nitrogen and oxygen atoms in total. The number of methoxy groups -OCH3 is 1. The summed E-state index contributed by atoms with van der Waals surface area (Å²) in [4.78, 5) is 20.0. The third-order valence-electron chi connectivity index (χ3n) is 6.29. The van der Waals surface area contributed by atoms with Gasteiger partial charge >= 0.3 is 0 Å². The number of ether oxygens (including phenoxy) is 3. The molecule has 1 aromatic carbocycles. The highest BCUT2D eigenvalue weighted by Crippen LogP contribution is 2.33. The molecule has 36 heavy (non-hydrogen) atoms. The van der Waals surface area contributed by atoms with Gasteiger partial charge < -0.3 is 34.2 Å². The predicted octanol–water partition coefficient (Wildman–Crippen LogP) is 3.72. The summed E-state index contributed by atoms with van der Waals surface area (Å²) in [5, 5.41) is 3.77. The van der Waals surface area contributed by atoms with Gasteiger partial charge in [-0.1, -0.05) is 11.6 Å². The second-order valence-electron chi connectivity index (χ2n) is 8.54. The van der Waals surface area contributed by atoms with Crippen LogP contribution in [0.4, 0.5) is 34.5 Å². The number of morpholine rings is 2. The van der Waals surface area contributed by atoms with Crippen LogP contribution in [-0.4, -0.2) is 81.7 Å². The van der Waals surface area contributed by atoms with Gasteiger partial charge in [0.2, 0.25) is 5.95 Å². The molecule has 4 heterocycles. The van der Waals surface area contributed by atoms with Crippen molar-refractivity contribution in [1.29, 1.82) is 0 Å². The lowest BCUT2D eigenvalue weighted by Gasteiger charge is -2.33. The smallest absolute Gasteiger partial charge is 0.229 e. The maximum Gasteiger partial charge on any atom is 0.229 e. The van der Waals surface area contributed by atoms with Crippen molar-refractivity contribution in [2.75, 3.05) is 86.8 Å². The molecule has 2 fully saturated rings. The Balaban J connectivity index is 1.43. The molecular formula is C25H30ClN7O3. The standard InChI is InChI=1S/C25H30ClN7O3/c1-31(22-16-21(34-2)17-28-24(22)26)23-3-4-27-25(30-23)29-18-13-19(32-5-9-35-10-6-32)15-20(14-18)33-7-11-36-12-8-33/h3-4,13-17H,5-12H2,1-2H3,(H,27,29,30). The number of rotatable bonds is 7. The molecule has 0 radical (unpaired) electrons. The highest BCUT2D eigenvalue weighted by atomic mass is 35.5. The fourth-order valence-corrected chi connectivity index (χ4v) is 4.52. The Morgan fingerprint density at radius 3 is 2.19 bits per heavy atom. The first-order valence-corrected chi connectivity index (χ1v) is 12.3. The van der Waals surface area contributed by atoms with Crippen molar-refractivity contribution in [3.05, 3.63) is 47.9 Å². The van der Waals surface area contributed by atoms with Crippen molar-refractivity contribution in [2.24, 2.45) is 0 Å². The van der Waals surface area contributed by atoms with E-state index in [1.165, 1.54) is 0 Å². The van der Waals surface area contributed by atoms with Gasteiger partial charge in [-0.15, -0.1) is 0 Å². The molecule has 0 atom stereocenters. The number of pyridine rings is 1. The SMILES string of the molecule is COc1cnc(Cl)c(N(C)c2ccnc(Nc3cc(N4CCOCC4)cc(N4CCOCC4)c3)n2)c1. The van der Waals surface area contributed by atoms with Crippen LogP contribution in [0.2, 0.25) is 5.15 Å². The van der Waals surface area contributed by atoms with Gasteiger partial charge in [-0.05, 0) is 24.3 Å². The Hall–Kier alpha value is -3.34. The minimum absolute atomic E-state index is 0.361. The van der Waals surface area contributed by atoms with E-state index in [1.807, 2.05) is 24.1 Å². The molecule has 0 bridgehead atoms. The topological polar surface area (TPSA) is 88.1 Å². The third-order valence-corrected chi connectivity index (χ3v) is 6.58. The molecule has 0 saturated carbocycles. The Kier molecular flexibility index (Phi) is 7.55. The maximum absolute atomic E-state index is 6.36. The van der Waals surface area contributed by atoms with Crippen molar-refractivity contribution in [1.82, 2.24) is 15.0 Å². The fraction of sp³-hybridized carbons (Fsp3) is 0.400. The van der Waals surface area contributed by atoms with Crippen molar-refractivity contribution in [2.45, 2.75) is 0 Å². The first-order chi connectivity index (χ1) is 17.6. The Bertz CT molecular complexity index is 1150. The minimum atomic E-state index is 0.361. The van der Waals surface area contributed by atoms with Crippen LogP contribution in [0, 0.1) is 0 Å². The van der Waals surface area contributed by atoms with Crippen LogP contribution in [0.15, 0.2) is 42.7 Å². The van der Waals surface area contributed by atoms with E-state index >= 15 is 0 Å². The summed E-state index contributed by atoms with van der Waals surface area (Å²) >= 11 is 6.36. The van der Waals surface area contributed by atoms with Crippen LogP contribution < -0.4 is 24.8 Å². The van der Waals surface area contributed by atoms with Crippen molar-refractivity contribution < 1.29 is 14.2 Å². The second-order valence-corrected chi connectivity index (χ2v) is 8.90. The maximum atomic E-state index is 6.36. The first kappa shape index (κ1) is 24.4. The van der Waals surface area contributed by atoms with Gasteiger partial charge in [-0.25, -0.2) is 9.97 Å². The second kappa shape index (κ2) is 11.2. The van der Waals surface area contributed by atoms with Crippen molar-refractivity contribution >= 4 is 46.1 Å². The lowest BCUT2D eigenvalue weighted by Crippen LogP contribution is -2.38. The lowest BCUT2D eigenvalue weighted by atomic mass is 10.2. The largest absolute Gasteiger partial charge is 0.495 e. The number of halogens is 1. The van der Waals surface area contributed by atoms with Gasteiger partial charge in [-0.3, -0.25) is 0 Å². The highest BCUT2D eigenvalue weighted by Gasteiger charge is 2.18. The molecular weight excluding hydrogens is 482 g/mol. The van der Waals surface area contributed by atoms with E-state index < -0.39 is 0 Å². The predicted molar refractivity (Wildman–Crippen MR) is 142 cm³/mol. The number of nitrogens with zero attached hydrogens (tertiary/aromatic N) is 6. The van der Waals surface area contributed by atoms with Gasteiger partial charge in [0.25, 0.3) is 0 Å². The van der Waals surface area contributed by atoms with Gasteiger partial charge in [0.05, 0.1) is 45.4 Å². The van der Waals surface area contributed by atoms with Crippen molar-refractivity contribution in [3.8, 4) is 5.75 Å². The van der Waals surface area contributed by atoms with E-state index in [0.717, 1.165) is 69.7 Å². The number of benzene rings is 1. The van der Waals surface area contributed by atoms with Crippen LogP contribution in [0.5, 0.6) is 5.75 Å². The Morgan fingerprint density at radius 1 is 0.944 bits per heavy atom. The van der Waals surface area contributed by atoms with Gasteiger partial charge in [0.15, 0.2) is 5.15 Å². The molecule has 1 N–H and O–H groups in total. The monoisotopic (exact) mass is 511 g/mol. The van der Waals surface area contributed by atoms with Crippen LogP contribution in [0.3, 0.4) is 0 Å². The molecule has 190 valence electrons. The Labute approximate surface area is 215 Å². The summed E-state index contributed by atoms with van der Waals surface area (Å²) in [7, 11) is 3.47. The van der Waals surface area contributed by atoms with E-state index in [0.29, 0.717) is 28.4 Å². The molecule has 2 aliphatic rings. The Morgan fingerprint density at radius 2 is 1.58 bits per heavy atom. The molecule has 11 heteroatoms. The van der Waals surface area contributed by atoms with Crippen LogP contribution in [-0.2, 0) is 9.47 Å². The van der Waals surface area contributed by atoms with Gasteiger partial charge in [-0.2, -0.15) is 4.98 Å². The molecule has 2 aliphatic heterocycles. The molecule has 2 aromatic heterocycles. The molecule has 0 unspecified atom stereocenters. The molecule has 5 rings (SSSR count).